The van der Waals surface area contributed by atoms with Crippen molar-refractivity contribution in [2.24, 2.45) is 7.05 Å². The van der Waals surface area contributed by atoms with Crippen molar-refractivity contribution < 1.29 is 0 Å². The smallest absolute Gasteiger partial charge is 0.227 e. The Balaban J connectivity index is 1.49. The lowest BCUT2D eigenvalue weighted by atomic mass is 10.1. The van der Waals surface area contributed by atoms with E-state index in [0.29, 0.717) is 11.6 Å². The van der Waals surface area contributed by atoms with Crippen LogP contribution in [0.3, 0.4) is 0 Å². The Labute approximate surface area is 157 Å². The van der Waals surface area contributed by atoms with Crippen LogP contribution < -0.4 is 5.32 Å². The number of pyridine rings is 1. The molecule has 1 N–H and O–H groups in total. The van der Waals surface area contributed by atoms with Gasteiger partial charge in [-0.1, -0.05) is 0 Å². The minimum absolute atomic E-state index is 0.259. The number of anilines is 2. The first kappa shape index (κ1) is 17.1. The van der Waals surface area contributed by atoms with Crippen LogP contribution in [-0.2, 0) is 13.6 Å². The topological polar surface area (TPSA) is 95.6 Å². The molecule has 0 amide bonds. The molecular formula is C19H20N8. The second kappa shape index (κ2) is 7.51. The maximum atomic E-state index is 8.84. The molecule has 4 rings (SSSR count). The Bertz CT molecular complexity index is 956. The first-order chi connectivity index (χ1) is 13.2. The standard InChI is InChI=1S/C19H20N8/c1-26-11-16(23-13-26)12-27-8-2-3-18(27)17-6-7-21-19(25-17)24-15-5-4-14(9-20)22-10-15/h4-7,10-11,13,18H,2-3,8,12H2,1H3,(H,21,24,25). The molecule has 0 aliphatic carbocycles. The number of nitriles is 1. The van der Waals surface area contributed by atoms with Crippen molar-refractivity contribution in [1.82, 2.24) is 29.4 Å². The Morgan fingerprint density at radius 3 is 2.93 bits per heavy atom. The first-order valence-corrected chi connectivity index (χ1v) is 8.88. The molecule has 1 fully saturated rings. The lowest BCUT2D eigenvalue weighted by Gasteiger charge is -2.23. The summed E-state index contributed by atoms with van der Waals surface area (Å²) in [5, 5.41) is 12.0. The zero-order chi connectivity index (χ0) is 18.6. The predicted molar refractivity (Wildman–Crippen MR) is 99.9 cm³/mol. The van der Waals surface area contributed by atoms with Crippen molar-refractivity contribution in [1.29, 1.82) is 5.26 Å². The molecule has 0 saturated carbocycles. The summed E-state index contributed by atoms with van der Waals surface area (Å²) in [5.74, 6) is 0.531. The van der Waals surface area contributed by atoms with E-state index in [1.165, 1.54) is 0 Å². The highest BCUT2D eigenvalue weighted by Crippen LogP contribution is 2.32. The van der Waals surface area contributed by atoms with E-state index in [-0.39, 0.29) is 6.04 Å². The first-order valence-electron chi connectivity index (χ1n) is 8.88. The van der Waals surface area contributed by atoms with Crippen LogP contribution >= 0.6 is 0 Å². The molecule has 0 radical (unpaired) electrons. The predicted octanol–water partition coefficient (Wildman–Crippen LogP) is 2.56. The molecule has 0 bridgehead atoms. The molecular weight excluding hydrogens is 340 g/mol. The van der Waals surface area contributed by atoms with E-state index in [1.54, 1.807) is 24.5 Å². The summed E-state index contributed by atoms with van der Waals surface area (Å²) in [6.07, 6.45) is 9.49. The molecule has 1 aliphatic heterocycles. The number of nitrogens with one attached hydrogen (secondary N) is 1. The Hall–Kier alpha value is -3.31. The molecule has 8 heteroatoms. The van der Waals surface area contributed by atoms with Crippen molar-refractivity contribution >= 4 is 11.6 Å². The van der Waals surface area contributed by atoms with Crippen LogP contribution in [0.15, 0.2) is 43.1 Å². The van der Waals surface area contributed by atoms with Gasteiger partial charge in [-0.25, -0.2) is 19.9 Å². The fourth-order valence-electron chi connectivity index (χ4n) is 3.39. The number of imidazole rings is 1. The number of nitrogens with zero attached hydrogens (tertiary/aromatic N) is 7. The number of hydrogen-bond donors (Lipinski definition) is 1. The van der Waals surface area contributed by atoms with Gasteiger partial charge in [-0.3, -0.25) is 4.90 Å². The third-order valence-corrected chi connectivity index (χ3v) is 4.64. The minimum atomic E-state index is 0.259. The Morgan fingerprint density at radius 2 is 2.19 bits per heavy atom. The van der Waals surface area contributed by atoms with Gasteiger partial charge in [0.15, 0.2) is 0 Å². The fourth-order valence-corrected chi connectivity index (χ4v) is 3.39. The van der Waals surface area contributed by atoms with E-state index in [0.717, 1.165) is 43.0 Å². The van der Waals surface area contributed by atoms with Gasteiger partial charge in [0.05, 0.1) is 35.6 Å². The van der Waals surface area contributed by atoms with Crippen LogP contribution in [0.25, 0.3) is 0 Å². The minimum Gasteiger partial charge on any atom is -0.340 e. The summed E-state index contributed by atoms with van der Waals surface area (Å²) < 4.78 is 1.97. The van der Waals surface area contributed by atoms with Crippen LogP contribution in [0.2, 0.25) is 0 Å². The molecule has 8 nitrogen and oxygen atoms in total. The lowest BCUT2D eigenvalue weighted by Crippen LogP contribution is -2.24. The van der Waals surface area contributed by atoms with Crippen LogP contribution in [0.1, 0.15) is 36.0 Å². The molecule has 4 heterocycles. The second-order valence-corrected chi connectivity index (χ2v) is 6.63. The summed E-state index contributed by atoms with van der Waals surface area (Å²) >= 11 is 0. The van der Waals surface area contributed by atoms with Crippen molar-refractivity contribution in [2.45, 2.75) is 25.4 Å². The van der Waals surface area contributed by atoms with Gasteiger partial charge in [-0.05, 0) is 37.6 Å². The average molecular weight is 360 g/mol. The third kappa shape index (κ3) is 3.93. The molecule has 3 aromatic rings. The van der Waals surface area contributed by atoms with E-state index in [9.17, 15) is 0 Å². The zero-order valence-corrected chi connectivity index (χ0v) is 15.1. The maximum Gasteiger partial charge on any atom is 0.227 e. The summed E-state index contributed by atoms with van der Waals surface area (Å²) in [7, 11) is 1.98. The van der Waals surface area contributed by atoms with Gasteiger partial charge < -0.3 is 9.88 Å². The summed E-state index contributed by atoms with van der Waals surface area (Å²) in [6.45, 7) is 1.85. The van der Waals surface area contributed by atoms with Crippen molar-refractivity contribution in [3.63, 3.8) is 0 Å². The van der Waals surface area contributed by atoms with Crippen LogP contribution in [0.4, 0.5) is 11.6 Å². The Kier molecular flexibility index (Phi) is 4.77. The van der Waals surface area contributed by atoms with Gasteiger partial charge in [0.1, 0.15) is 11.8 Å². The number of aryl methyl sites for hydroxylation is 1. The number of rotatable bonds is 5. The highest BCUT2D eigenvalue weighted by atomic mass is 15.2. The molecule has 1 aliphatic rings. The van der Waals surface area contributed by atoms with Crippen LogP contribution in [-0.4, -0.2) is 35.9 Å². The van der Waals surface area contributed by atoms with Crippen molar-refractivity contribution in [3.05, 3.63) is 60.2 Å². The van der Waals surface area contributed by atoms with E-state index >= 15 is 0 Å². The molecule has 0 aromatic carbocycles. The van der Waals surface area contributed by atoms with Gasteiger partial charge in [-0.15, -0.1) is 0 Å². The molecule has 1 atom stereocenters. The average Bonchev–Trinajstić information content (AvgIpc) is 3.32. The Morgan fingerprint density at radius 1 is 1.26 bits per heavy atom. The number of hydrogen-bond acceptors (Lipinski definition) is 7. The summed E-state index contributed by atoms with van der Waals surface area (Å²) in [4.78, 5) is 19.9. The largest absolute Gasteiger partial charge is 0.340 e. The van der Waals surface area contributed by atoms with Crippen LogP contribution in [0.5, 0.6) is 0 Å². The van der Waals surface area contributed by atoms with Crippen LogP contribution in [0, 0.1) is 11.3 Å². The highest BCUT2D eigenvalue weighted by molar-refractivity contribution is 5.52. The summed E-state index contributed by atoms with van der Waals surface area (Å²) in [5.41, 5.74) is 3.21. The molecule has 1 unspecified atom stereocenters. The number of likely N-dealkylation sites (tertiary alicyclic amines) is 1. The second-order valence-electron chi connectivity index (χ2n) is 6.63. The SMILES string of the molecule is Cn1cnc(CN2CCCC2c2ccnc(Nc3ccc(C#N)nc3)n2)c1. The zero-order valence-electron chi connectivity index (χ0n) is 15.1. The third-order valence-electron chi connectivity index (χ3n) is 4.64. The summed E-state index contributed by atoms with van der Waals surface area (Å²) in [6, 6.07) is 7.70. The van der Waals surface area contributed by atoms with Gasteiger partial charge >= 0.3 is 0 Å². The van der Waals surface area contributed by atoms with E-state index in [2.05, 4.69) is 31.4 Å². The molecule has 136 valence electrons. The van der Waals surface area contributed by atoms with Gasteiger partial charge in [0.25, 0.3) is 0 Å². The van der Waals surface area contributed by atoms with Crippen molar-refractivity contribution in [2.75, 3.05) is 11.9 Å². The van der Waals surface area contributed by atoms with E-state index in [4.69, 9.17) is 10.2 Å². The molecule has 1 saturated heterocycles. The van der Waals surface area contributed by atoms with E-state index < -0.39 is 0 Å². The molecule has 27 heavy (non-hydrogen) atoms. The normalized spacial score (nSPS) is 17.0. The van der Waals surface area contributed by atoms with Gasteiger partial charge in [0.2, 0.25) is 5.95 Å². The van der Waals surface area contributed by atoms with Gasteiger partial charge in [0, 0.05) is 26.0 Å². The lowest BCUT2D eigenvalue weighted by molar-refractivity contribution is 0.242. The maximum absolute atomic E-state index is 8.84. The van der Waals surface area contributed by atoms with Gasteiger partial charge in [-0.2, -0.15) is 5.26 Å². The number of aromatic nitrogens is 5. The highest BCUT2D eigenvalue weighted by Gasteiger charge is 2.27. The fraction of sp³-hybridized carbons (Fsp3) is 0.316. The van der Waals surface area contributed by atoms with Crippen molar-refractivity contribution in [3.8, 4) is 6.07 Å². The molecule has 0 spiro atoms. The van der Waals surface area contributed by atoms with E-state index in [1.807, 2.05) is 30.1 Å². The monoisotopic (exact) mass is 360 g/mol. The quantitative estimate of drug-likeness (QED) is 0.747. The molecule has 3 aromatic heterocycles.